The Balaban J connectivity index is 1.70. The summed E-state index contributed by atoms with van der Waals surface area (Å²) in [5.74, 6) is 4.25. The highest BCUT2D eigenvalue weighted by molar-refractivity contribution is 5.48. The summed E-state index contributed by atoms with van der Waals surface area (Å²) in [7, 11) is 0. The lowest BCUT2D eigenvalue weighted by molar-refractivity contribution is 0.577. The Morgan fingerprint density at radius 3 is 1.81 bits per heavy atom. The van der Waals surface area contributed by atoms with Gasteiger partial charge in [0.25, 0.3) is 0 Å². The van der Waals surface area contributed by atoms with E-state index in [-0.39, 0.29) is 5.41 Å². The fourth-order valence-electron chi connectivity index (χ4n) is 4.43. The van der Waals surface area contributed by atoms with E-state index in [1.165, 1.54) is 24.0 Å². The molecule has 2 aliphatic carbocycles. The van der Waals surface area contributed by atoms with Gasteiger partial charge in [-0.2, -0.15) is 0 Å². The van der Waals surface area contributed by atoms with Gasteiger partial charge in [0.15, 0.2) is 0 Å². The predicted octanol–water partition coefficient (Wildman–Crippen LogP) is 5.24. The highest BCUT2D eigenvalue weighted by Crippen LogP contribution is 2.69. The number of benzene rings is 2. The largest absolute Gasteiger partial charge is 0.0622 e. The molecule has 2 aliphatic rings. The molecular weight excluding hydrogens is 252 g/mol. The highest BCUT2D eigenvalue weighted by Gasteiger charge is 2.64. The third kappa shape index (κ3) is 2.04. The Hall–Kier alpha value is -1.56. The smallest absolute Gasteiger partial charge is 0.0237 e. The van der Waals surface area contributed by atoms with Crippen molar-refractivity contribution in [2.45, 2.75) is 32.1 Å². The topological polar surface area (TPSA) is 0 Å². The Kier molecular flexibility index (Phi) is 2.96. The second kappa shape index (κ2) is 4.73. The minimum Gasteiger partial charge on any atom is -0.0622 e. The van der Waals surface area contributed by atoms with E-state index in [4.69, 9.17) is 0 Å². The van der Waals surface area contributed by atoms with Gasteiger partial charge in [0.1, 0.15) is 0 Å². The molecule has 2 fully saturated rings. The van der Waals surface area contributed by atoms with Crippen LogP contribution in [0.4, 0.5) is 0 Å². The second-order valence-corrected chi connectivity index (χ2v) is 7.10. The molecule has 0 heterocycles. The molecule has 0 saturated heterocycles. The maximum Gasteiger partial charge on any atom is 0.0237 e. The van der Waals surface area contributed by atoms with Crippen LogP contribution in [-0.4, -0.2) is 0 Å². The first kappa shape index (κ1) is 13.1. The van der Waals surface area contributed by atoms with Gasteiger partial charge >= 0.3 is 0 Å². The molecule has 2 aromatic carbocycles. The Bertz CT molecular complexity index is 572. The Labute approximate surface area is 128 Å². The van der Waals surface area contributed by atoms with Crippen molar-refractivity contribution in [1.29, 1.82) is 0 Å². The molecule has 0 aromatic heterocycles. The summed E-state index contributed by atoms with van der Waals surface area (Å²) in [6.45, 7) is 4.61. The fourth-order valence-corrected chi connectivity index (χ4v) is 4.43. The summed E-state index contributed by atoms with van der Waals surface area (Å²) < 4.78 is 0. The first-order chi connectivity index (χ1) is 10.2. The van der Waals surface area contributed by atoms with Gasteiger partial charge in [-0.25, -0.2) is 0 Å². The highest BCUT2D eigenvalue weighted by atomic mass is 14.7. The van der Waals surface area contributed by atoms with Gasteiger partial charge in [-0.1, -0.05) is 74.5 Å². The van der Waals surface area contributed by atoms with E-state index in [2.05, 4.69) is 74.5 Å². The first-order valence-corrected chi connectivity index (χ1v) is 8.14. The second-order valence-electron chi connectivity index (χ2n) is 7.10. The molecule has 2 saturated carbocycles. The first-order valence-electron chi connectivity index (χ1n) is 8.14. The van der Waals surface area contributed by atoms with Crippen LogP contribution in [0.2, 0.25) is 0 Å². The van der Waals surface area contributed by atoms with E-state index in [9.17, 15) is 0 Å². The van der Waals surface area contributed by atoms with E-state index < -0.39 is 0 Å². The SMILES string of the molecule is C[C](C)[C@H]1C[C@@H]1[C@H]1CC1(c1ccccc1)c1ccccc1. The third-order valence-electron chi connectivity index (χ3n) is 5.69. The van der Waals surface area contributed by atoms with Crippen LogP contribution in [0, 0.1) is 23.7 Å². The molecule has 0 heteroatoms. The quantitative estimate of drug-likeness (QED) is 0.715. The van der Waals surface area contributed by atoms with Crippen molar-refractivity contribution in [3.05, 3.63) is 77.7 Å². The molecular formula is C21H23. The minimum absolute atomic E-state index is 0.289. The molecule has 0 amide bonds. The van der Waals surface area contributed by atoms with Crippen molar-refractivity contribution >= 4 is 0 Å². The number of hydrogen-bond acceptors (Lipinski definition) is 0. The van der Waals surface area contributed by atoms with Crippen LogP contribution in [-0.2, 0) is 5.41 Å². The zero-order chi connectivity index (χ0) is 14.4. The Morgan fingerprint density at radius 2 is 1.38 bits per heavy atom. The van der Waals surface area contributed by atoms with Gasteiger partial charge in [-0.05, 0) is 47.6 Å². The lowest BCUT2D eigenvalue weighted by atomic mass is 9.84. The predicted molar refractivity (Wildman–Crippen MR) is 88.0 cm³/mol. The van der Waals surface area contributed by atoms with Crippen molar-refractivity contribution < 1.29 is 0 Å². The lowest BCUT2D eigenvalue weighted by Crippen LogP contribution is -2.13. The monoisotopic (exact) mass is 275 g/mol. The van der Waals surface area contributed by atoms with Crippen molar-refractivity contribution in [1.82, 2.24) is 0 Å². The number of hydrogen-bond donors (Lipinski definition) is 0. The number of rotatable bonds is 4. The molecule has 3 atom stereocenters. The van der Waals surface area contributed by atoms with Gasteiger partial charge in [-0.3, -0.25) is 0 Å². The standard InChI is InChI=1S/C21H23/c1-15(2)18-13-19(18)20-14-21(20,16-9-5-3-6-10-16)17-11-7-4-8-12-17/h3-12,18-20H,13-14H2,1-2H3/t18-,19+,20-/m1/s1. The summed E-state index contributed by atoms with van der Waals surface area (Å²) in [5, 5.41) is 0. The zero-order valence-corrected chi connectivity index (χ0v) is 12.9. The van der Waals surface area contributed by atoms with E-state index >= 15 is 0 Å². The van der Waals surface area contributed by atoms with E-state index in [1.807, 2.05) is 0 Å². The summed E-state index contributed by atoms with van der Waals surface area (Å²) in [6.07, 6.45) is 2.74. The van der Waals surface area contributed by atoms with Gasteiger partial charge < -0.3 is 0 Å². The molecule has 0 bridgehead atoms. The molecule has 0 aliphatic heterocycles. The molecule has 0 spiro atoms. The van der Waals surface area contributed by atoms with Crippen molar-refractivity contribution in [2.75, 3.05) is 0 Å². The van der Waals surface area contributed by atoms with Gasteiger partial charge in [-0.15, -0.1) is 0 Å². The van der Waals surface area contributed by atoms with Crippen LogP contribution >= 0.6 is 0 Å². The fraction of sp³-hybridized carbons (Fsp3) is 0.381. The average molecular weight is 275 g/mol. The zero-order valence-electron chi connectivity index (χ0n) is 12.9. The normalized spacial score (nSPS) is 29.4. The molecule has 2 aromatic rings. The molecule has 4 rings (SSSR count). The van der Waals surface area contributed by atoms with Crippen LogP contribution in [0.1, 0.15) is 37.8 Å². The Morgan fingerprint density at radius 1 is 0.857 bits per heavy atom. The van der Waals surface area contributed by atoms with Crippen LogP contribution in [0.3, 0.4) is 0 Å². The molecule has 0 unspecified atom stereocenters. The van der Waals surface area contributed by atoms with Crippen molar-refractivity contribution in [3.8, 4) is 0 Å². The van der Waals surface area contributed by atoms with Gasteiger partial charge in [0.2, 0.25) is 0 Å². The minimum atomic E-state index is 0.289. The van der Waals surface area contributed by atoms with Crippen molar-refractivity contribution in [2.24, 2.45) is 17.8 Å². The third-order valence-corrected chi connectivity index (χ3v) is 5.69. The maximum atomic E-state index is 2.33. The van der Waals surface area contributed by atoms with Gasteiger partial charge in [0.05, 0.1) is 0 Å². The van der Waals surface area contributed by atoms with Crippen LogP contribution in [0.25, 0.3) is 0 Å². The average Bonchev–Trinajstić information content (AvgIpc) is 3.41. The van der Waals surface area contributed by atoms with Crippen LogP contribution in [0.5, 0.6) is 0 Å². The van der Waals surface area contributed by atoms with E-state index in [1.54, 1.807) is 5.92 Å². The molecule has 1 radical (unpaired) electrons. The summed E-state index contributed by atoms with van der Waals surface area (Å²) in [6, 6.07) is 22.3. The summed E-state index contributed by atoms with van der Waals surface area (Å²) in [4.78, 5) is 0. The van der Waals surface area contributed by atoms with E-state index in [0.29, 0.717) is 0 Å². The summed E-state index contributed by atoms with van der Waals surface area (Å²) in [5.41, 5.74) is 3.32. The molecule has 0 N–H and O–H groups in total. The van der Waals surface area contributed by atoms with Crippen LogP contribution < -0.4 is 0 Å². The van der Waals surface area contributed by atoms with Gasteiger partial charge in [0, 0.05) is 5.41 Å². The lowest BCUT2D eigenvalue weighted by Gasteiger charge is -2.19. The van der Waals surface area contributed by atoms with Crippen molar-refractivity contribution in [3.63, 3.8) is 0 Å². The summed E-state index contributed by atoms with van der Waals surface area (Å²) >= 11 is 0. The maximum absolute atomic E-state index is 2.33. The van der Waals surface area contributed by atoms with Crippen LogP contribution in [0.15, 0.2) is 60.7 Å². The molecule has 107 valence electrons. The van der Waals surface area contributed by atoms with E-state index in [0.717, 1.165) is 17.8 Å². The molecule has 21 heavy (non-hydrogen) atoms. The molecule has 0 nitrogen and oxygen atoms in total.